The highest BCUT2D eigenvalue weighted by Gasteiger charge is 2.50. The second-order valence-electron chi connectivity index (χ2n) is 8.52. The molecular formula is C20H27ClFN5O7. The first kappa shape index (κ1) is 25.7. The van der Waals surface area contributed by atoms with Gasteiger partial charge >= 0.3 is 12.3 Å². The molecule has 0 aromatic carbocycles. The molecule has 2 N–H and O–H groups in total. The molecule has 12 nitrogen and oxygen atoms in total. The zero-order chi connectivity index (χ0) is 25.0. The van der Waals surface area contributed by atoms with Gasteiger partial charge in [0.05, 0.1) is 12.9 Å². The number of carbonyl (C=O) groups excluding carboxylic acids is 2. The van der Waals surface area contributed by atoms with Crippen LogP contribution < -0.4 is 5.73 Å². The number of nitrogen functional groups attached to an aromatic ring is 1. The molecule has 14 heteroatoms. The molecule has 2 aromatic rings. The Kier molecular flexibility index (Phi) is 7.97. The van der Waals surface area contributed by atoms with Crippen LogP contribution in [0.15, 0.2) is 6.33 Å². The fraction of sp³-hybridized carbons (Fsp3) is 0.650. The van der Waals surface area contributed by atoms with Gasteiger partial charge in [-0.15, -0.1) is 0 Å². The van der Waals surface area contributed by atoms with Crippen molar-refractivity contribution in [3.8, 4) is 0 Å². The summed E-state index contributed by atoms with van der Waals surface area (Å²) in [6, 6.07) is 0. The van der Waals surface area contributed by atoms with E-state index in [1.54, 1.807) is 20.8 Å². The predicted molar refractivity (Wildman–Crippen MR) is 117 cm³/mol. The second-order valence-corrected chi connectivity index (χ2v) is 8.86. The van der Waals surface area contributed by atoms with Crippen LogP contribution in [0.2, 0.25) is 5.28 Å². The summed E-state index contributed by atoms with van der Waals surface area (Å²) in [5.74, 6) is -0.00146. The summed E-state index contributed by atoms with van der Waals surface area (Å²) in [7, 11) is 0. The van der Waals surface area contributed by atoms with Crippen molar-refractivity contribution in [3.63, 3.8) is 0 Å². The predicted octanol–water partition coefficient (Wildman–Crippen LogP) is 3.57. The number of fused-ring (bicyclic) bond motifs is 1. The van der Waals surface area contributed by atoms with Gasteiger partial charge in [-0.2, -0.15) is 9.97 Å². The summed E-state index contributed by atoms with van der Waals surface area (Å²) >= 11 is 5.89. The first-order valence-corrected chi connectivity index (χ1v) is 11.0. The van der Waals surface area contributed by atoms with Gasteiger partial charge in [-0.05, 0) is 38.8 Å². The van der Waals surface area contributed by atoms with Crippen LogP contribution in [0.25, 0.3) is 11.2 Å². The summed E-state index contributed by atoms with van der Waals surface area (Å²) in [6.45, 7) is 6.57. The molecule has 34 heavy (non-hydrogen) atoms. The SMILES string of the molecule is CCCCOC(=O)OCC1OC(n2cnc3c(N)nc(Cl)nc32)C(F)C1OC(=O)OC(C)(C)C. The van der Waals surface area contributed by atoms with E-state index in [2.05, 4.69) is 15.0 Å². The first-order chi connectivity index (χ1) is 16.0. The topological polar surface area (TPSA) is 150 Å². The van der Waals surface area contributed by atoms with Crippen LogP contribution in [0.3, 0.4) is 0 Å². The number of nitrogens with two attached hydrogens (primary N) is 1. The number of anilines is 1. The van der Waals surface area contributed by atoms with E-state index in [9.17, 15) is 9.59 Å². The minimum absolute atomic E-state index is 0.00146. The van der Waals surface area contributed by atoms with E-state index in [-0.39, 0.29) is 28.9 Å². The summed E-state index contributed by atoms with van der Waals surface area (Å²) in [4.78, 5) is 36.0. The van der Waals surface area contributed by atoms with Gasteiger partial charge in [0.25, 0.3) is 0 Å². The van der Waals surface area contributed by atoms with Crippen molar-refractivity contribution in [2.24, 2.45) is 0 Å². The standard InChI is InChI=1S/C20H27ClFN5O7/c1-5-6-7-30-18(28)31-8-10-13(33-19(29)34-20(2,3)4)11(22)16(32-10)27-9-24-12-14(23)25-17(21)26-15(12)27/h9-11,13,16H,5-8H2,1-4H3,(H2,23,25,26). The average Bonchev–Trinajstić information content (AvgIpc) is 3.27. The van der Waals surface area contributed by atoms with Crippen molar-refractivity contribution in [3.05, 3.63) is 11.6 Å². The second kappa shape index (κ2) is 10.6. The number of ether oxygens (including phenoxy) is 5. The Morgan fingerprint density at radius 1 is 1.26 bits per heavy atom. The first-order valence-electron chi connectivity index (χ1n) is 10.6. The maximum atomic E-state index is 15.6. The maximum absolute atomic E-state index is 15.6. The summed E-state index contributed by atoms with van der Waals surface area (Å²) in [5, 5.41) is -0.170. The van der Waals surface area contributed by atoms with Gasteiger partial charge in [-0.3, -0.25) is 4.57 Å². The highest BCUT2D eigenvalue weighted by molar-refractivity contribution is 6.28. The van der Waals surface area contributed by atoms with E-state index in [1.165, 1.54) is 10.9 Å². The van der Waals surface area contributed by atoms with Crippen molar-refractivity contribution in [1.82, 2.24) is 19.5 Å². The van der Waals surface area contributed by atoms with Crippen LogP contribution >= 0.6 is 11.6 Å². The van der Waals surface area contributed by atoms with Crippen molar-refractivity contribution in [2.75, 3.05) is 18.9 Å². The molecule has 2 aromatic heterocycles. The Labute approximate surface area is 199 Å². The van der Waals surface area contributed by atoms with Crippen LogP contribution in [-0.2, 0) is 23.7 Å². The molecule has 4 atom stereocenters. The monoisotopic (exact) mass is 503 g/mol. The molecule has 1 aliphatic heterocycles. The minimum Gasteiger partial charge on any atom is -0.434 e. The van der Waals surface area contributed by atoms with E-state index in [0.717, 1.165) is 6.42 Å². The molecule has 1 aliphatic rings. The van der Waals surface area contributed by atoms with Crippen molar-refractivity contribution in [2.45, 2.75) is 70.7 Å². The highest BCUT2D eigenvalue weighted by atomic mass is 35.5. The summed E-state index contributed by atoms with van der Waals surface area (Å²) < 4.78 is 42.9. The van der Waals surface area contributed by atoms with Crippen molar-refractivity contribution >= 4 is 40.9 Å². The number of rotatable bonds is 7. The Bertz CT molecular complexity index is 1030. The lowest BCUT2D eigenvalue weighted by atomic mass is 10.1. The lowest BCUT2D eigenvalue weighted by Gasteiger charge is -2.23. The molecule has 0 spiro atoms. The molecule has 3 heterocycles. The molecule has 0 bridgehead atoms. The molecule has 0 saturated carbocycles. The normalized spacial score (nSPS) is 22.5. The molecular weight excluding hydrogens is 477 g/mol. The van der Waals surface area contributed by atoms with E-state index in [0.29, 0.717) is 6.42 Å². The third kappa shape index (κ3) is 6.14. The van der Waals surface area contributed by atoms with Crippen molar-refractivity contribution in [1.29, 1.82) is 0 Å². The minimum atomic E-state index is -1.91. The lowest BCUT2D eigenvalue weighted by molar-refractivity contribution is -0.0752. The number of alkyl halides is 1. The van der Waals surface area contributed by atoms with Crippen molar-refractivity contribution < 1.29 is 37.7 Å². The van der Waals surface area contributed by atoms with Crippen LogP contribution in [0.4, 0.5) is 19.8 Å². The smallest absolute Gasteiger partial charge is 0.434 e. The lowest BCUT2D eigenvalue weighted by Crippen LogP contribution is -2.38. The molecule has 0 amide bonds. The van der Waals surface area contributed by atoms with Gasteiger partial charge in [0.15, 0.2) is 30.0 Å². The average molecular weight is 504 g/mol. The zero-order valence-corrected chi connectivity index (χ0v) is 20.0. The van der Waals surface area contributed by atoms with E-state index in [1.807, 2.05) is 6.92 Å². The highest BCUT2D eigenvalue weighted by Crippen LogP contribution is 2.36. The van der Waals surface area contributed by atoms with E-state index in [4.69, 9.17) is 41.0 Å². The molecule has 0 radical (unpaired) electrons. The Morgan fingerprint density at radius 3 is 2.68 bits per heavy atom. The number of imidazole rings is 1. The number of halogens is 2. The van der Waals surface area contributed by atoms with Gasteiger partial charge in [-0.25, -0.2) is 19.0 Å². The van der Waals surface area contributed by atoms with E-state index >= 15 is 4.39 Å². The number of carbonyl (C=O) groups is 2. The molecule has 1 saturated heterocycles. The molecule has 4 unspecified atom stereocenters. The fourth-order valence-corrected chi connectivity index (χ4v) is 3.34. The molecule has 188 valence electrons. The van der Waals surface area contributed by atoms with Crippen LogP contribution in [0.1, 0.15) is 46.8 Å². The molecule has 0 aliphatic carbocycles. The maximum Gasteiger partial charge on any atom is 0.509 e. The van der Waals surface area contributed by atoms with Gasteiger partial charge in [0.1, 0.15) is 23.8 Å². The number of hydrogen-bond acceptors (Lipinski definition) is 11. The Hall–Kier alpha value is -2.93. The fourth-order valence-electron chi connectivity index (χ4n) is 3.17. The molecule has 3 rings (SSSR count). The van der Waals surface area contributed by atoms with Crippen LogP contribution in [-0.4, -0.2) is 69.0 Å². The third-order valence-corrected chi connectivity index (χ3v) is 4.84. The van der Waals surface area contributed by atoms with Crippen LogP contribution in [0.5, 0.6) is 0 Å². The van der Waals surface area contributed by atoms with Gasteiger partial charge in [0.2, 0.25) is 5.28 Å². The largest absolute Gasteiger partial charge is 0.509 e. The van der Waals surface area contributed by atoms with Gasteiger partial charge in [-0.1, -0.05) is 13.3 Å². The van der Waals surface area contributed by atoms with Gasteiger partial charge < -0.3 is 29.4 Å². The van der Waals surface area contributed by atoms with Crippen LogP contribution in [0, 0.1) is 0 Å². The Morgan fingerprint density at radius 2 is 2.00 bits per heavy atom. The zero-order valence-electron chi connectivity index (χ0n) is 19.2. The number of nitrogens with zero attached hydrogens (tertiary/aromatic N) is 4. The molecule has 1 fully saturated rings. The number of hydrogen-bond donors (Lipinski definition) is 1. The summed E-state index contributed by atoms with van der Waals surface area (Å²) in [6.07, 6.45) is -5.25. The summed E-state index contributed by atoms with van der Waals surface area (Å²) in [5.41, 5.74) is 5.24. The third-order valence-electron chi connectivity index (χ3n) is 4.67. The van der Waals surface area contributed by atoms with E-state index < -0.39 is 49.1 Å². The number of aromatic nitrogens is 4. The quantitative estimate of drug-likeness (QED) is 0.335. The number of unbranched alkanes of at least 4 members (excludes halogenated alkanes) is 1. The van der Waals surface area contributed by atoms with Gasteiger partial charge in [0, 0.05) is 0 Å². The Balaban J connectivity index is 1.81.